The van der Waals surface area contributed by atoms with Gasteiger partial charge in [-0.1, -0.05) is 0 Å². The second-order valence-electron chi connectivity index (χ2n) is 6.78. The average molecular weight is 379 g/mol. The molecule has 1 atom stereocenters. The first-order valence-electron chi connectivity index (χ1n) is 8.38. The quantitative estimate of drug-likeness (QED) is 0.753. The standard InChI is InChI=1S/C18H21NO6S/c1-11(2)24-13-4-5-14-15(9-17(20)25-16(14)8-13)18(21)19(3)12-6-7-26(22,23)10-12/h4-5,8-9,11-12H,6-7,10H2,1-3H3. The van der Waals surface area contributed by atoms with Gasteiger partial charge in [0.15, 0.2) is 9.84 Å². The van der Waals surface area contributed by atoms with Gasteiger partial charge < -0.3 is 14.1 Å². The smallest absolute Gasteiger partial charge is 0.337 e. The molecule has 2 heterocycles. The van der Waals surface area contributed by atoms with Crippen molar-refractivity contribution in [1.82, 2.24) is 4.90 Å². The molecule has 0 radical (unpaired) electrons. The van der Waals surface area contributed by atoms with Crippen LogP contribution in [0.4, 0.5) is 0 Å². The van der Waals surface area contributed by atoms with Crippen molar-refractivity contribution >= 4 is 26.7 Å². The molecule has 140 valence electrons. The Kier molecular flexibility index (Phi) is 4.79. The van der Waals surface area contributed by atoms with Crippen LogP contribution in [0.25, 0.3) is 11.0 Å². The normalized spacial score (nSPS) is 19.0. The molecule has 1 unspecified atom stereocenters. The maximum atomic E-state index is 12.9. The second kappa shape index (κ2) is 6.75. The number of sulfone groups is 1. The molecule has 1 aromatic heterocycles. The van der Waals surface area contributed by atoms with Gasteiger partial charge in [0, 0.05) is 30.6 Å². The summed E-state index contributed by atoms with van der Waals surface area (Å²) in [5, 5.41) is 0.485. The molecular formula is C18H21NO6S. The van der Waals surface area contributed by atoms with Gasteiger partial charge >= 0.3 is 5.63 Å². The van der Waals surface area contributed by atoms with E-state index in [1.54, 1.807) is 25.2 Å². The van der Waals surface area contributed by atoms with Crippen LogP contribution in [0, 0.1) is 0 Å². The maximum absolute atomic E-state index is 12.9. The van der Waals surface area contributed by atoms with Gasteiger partial charge in [-0.3, -0.25) is 4.79 Å². The minimum absolute atomic E-state index is 0.0422. The minimum Gasteiger partial charge on any atom is -0.491 e. The molecule has 1 amide bonds. The van der Waals surface area contributed by atoms with Gasteiger partial charge in [-0.25, -0.2) is 13.2 Å². The Hall–Kier alpha value is -2.35. The zero-order valence-corrected chi connectivity index (χ0v) is 15.7. The molecule has 7 nitrogen and oxygen atoms in total. The number of ether oxygens (including phenoxy) is 1. The first kappa shape index (κ1) is 18.4. The molecule has 0 bridgehead atoms. The Labute approximate surface area is 151 Å². The van der Waals surface area contributed by atoms with Gasteiger partial charge in [0.25, 0.3) is 5.91 Å². The molecule has 1 fully saturated rings. The number of carbonyl (C=O) groups is 1. The highest BCUT2D eigenvalue weighted by atomic mass is 32.2. The highest BCUT2D eigenvalue weighted by Gasteiger charge is 2.33. The van der Waals surface area contributed by atoms with Crippen LogP contribution in [0.15, 0.2) is 33.5 Å². The number of carbonyl (C=O) groups excluding carboxylic acids is 1. The van der Waals surface area contributed by atoms with Gasteiger partial charge in [0.05, 0.1) is 23.2 Å². The Balaban J connectivity index is 1.98. The number of hydrogen-bond acceptors (Lipinski definition) is 6. The number of rotatable bonds is 4. The van der Waals surface area contributed by atoms with Gasteiger partial charge in [0.1, 0.15) is 11.3 Å². The fourth-order valence-electron chi connectivity index (χ4n) is 3.10. The summed E-state index contributed by atoms with van der Waals surface area (Å²) in [6.45, 7) is 3.76. The number of nitrogens with zero attached hydrogens (tertiary/aromatic N) is 1. The SMILES string of the molecule is CC(C)Oc1ccc2c(C(=O)N(C)C3CCS(=O)(=O)C3)cc(=O)oc2c1. The van der Waals surface area contributed by atoms with E-state index in [1.165, 1.54) is 4.90 Å². The molecule has 1 aromatic carbocycles. The van der Waals surface area contributed by atoms with Crippen molar-refractivity contribution in [3.05, 3.63) is 40.2 Å². The number of amides is 1. The van der Waals surface area contributed by atoms with Crippen molar-refractivity contribution in [2.24, 2.45) is 0 Å². The third-order valence-corrected chi connectivity index (χ3v) is 6.14. The predicted octanol–water partition coefficient (Wildman–Crippen LogP) is 1.84. The fraction of sp³-hybridized carbons (Fsp3) is 0.444. The minimum atomic E-state index is -3.11. The van der Waals surface area contributed by atoms with Crippen LogP contribution in [0.5, 0.6) is 5.75 Å². The zero-order valence-electron chi connectivity index (χ0n) is 14.9. The van der Waals surface area contributed by atoms with E-state index in [2.05, 4.69) is 0 Å². The van der Waals surface area contributed by atoms with Gasteiger partial charge in [0.2, 0.25) is 0 Å². The molecule has 1 saturated heterocycles. The fourth-order valence-corrected chi connectivity index (χ4v) is 4.88. The van der Waals surface area contributed by atoms with Crippen molar-refractivity contribution in [3.63, 3.8) is 0 Å². The van der Waals surface area contributed by atoms with Crippen LogP contribution in [0.1, 0.15) is 30.6 Å². The Morgan fingerprint density at radius 1 is 1.31 bits per heavy atom. The summed E-state index contributed by atoms with van der Waals surface area (Å²) < 4.78 is 34.2. The molecule has 0 aliphatic carbocycles. The molecule has 3 rings (SSSR count). The van der Waals surface area contributed by atoms with E-state index in [9.17, 15) is 18.0 Å². The van der Waals surface area contributed by atoms with Crippen LogP contribution < -0.4 is 10.4 Å². The summed E-state index contributed by atoms with van der Waals surface area (Å²) in [5.74, 6) is 0.155. The van der Waals surface area contributed by atoms with Gasteiger partial charge in [-0.05, 0) is 32.4 Å². The monoisotopic (exact) mass is 379 g/mol. The second-order valence-corrected chi connectivity index (χ2v) is 9.01. The first-order chi connectivity index (χ1) is 12.2. The van der Waals surface area contributed by atoms with E-state index in [0.29, 0.717) is 17.6 Å². The molecular weight excluding hydrogens is 358 g/mol. The predicted molar refractivity (Wildman–Crippen MR) is 97.4 cm³/mol. The summed E-state index contributed by atoms with van der Waals surface area (Å²) in [4.78, 5) is 26.2. The lowest BCUT2D eigenvalue weighted by Crippen LogP contribution is -2.38. The molecule has 8 heteroatoms. The number of fused-ring (bicyclic) bond motifs is 1. The van der Waals surface area contributed by atoms with E-state index in [4.69, 9.17) is 9.15 Å². The molecule has 26 heavy (non-hydrogen) atoms. The largest absolute Gasteiger partial charge is 0.491 e. The lowest BCUT2D eigenvalue weighted by molar-refractivity contribution is 0.0749. The Morgan fingerprint density at radius 3 is 2.65 bits per heavy atom. The number of benzene rings is 1. The number of hydrogen-bond donors (Lipinski definition) is 0. The molecule has 0 spiro atoms. The first-order valence-corrected chi connectivity index (χ1v) is 10.2. The highest BCUT2D eigenvalue weighted by Crippen LogP contribution is 2.25. The van der Waals surface area contributed by atoms with E-state index >= 15 is 0 Å². The van der Waals surface area contributed by atoms with Crippen molar-refractivity contribution in [1.29, 1.82) is 0 Å². The van der Waals surface area contributed by atoms with Crippen molar-refractivity contribution in [3.8, 4) is 5.75 Å². The van der Waals surface area contributed by atoms with E-state index in [1.807, 2.05) is 13.8 Å². The van der Waals surface area contributed by atoms with E-state index < -0.39 is 27.4 Å². The summed E-state index contributed by atoms with van der Waals surface area (Å²) >= 11 is 0. The van der Waals surface area contributed by atoms with E-state index in [-0.39, 0.29) is 28.8 Å². The molecule has 0 N–H and O–H groups in total. The molecule has 1 aliphatic heterocycles. The van der Waals surface area contributed by atoms with Crippen LogP contribution >= 0.6 is 0 Å². The summed E-state index contributed by atoms with van der Waals surface area (Å²) in [6.07, 6.45) is 0.357. The van der Waals surface area contributed by atoms with Crippen LogP contribution in [0.3, 0.4) is 0 Å². The molecule has 0 saturated carbocycles. The topological polar surface area (TPSA) is 93.9 Å². The zero-order chi connectivity index (χ0) is 19.1. The van der Waals surface area contributed by atoms with Crippen molar-refractivity contribution in [2.75, 3.05) is 18.6 Å². The Morgan fingerprint density at radius 2 is 2.04 bits per heavy atom. The van der Waals surface area contributed by atoms with Gasteiger partial charge in [-0.15, -0.1) is 0 Å². The average Bonchev–Trinajstić information content (AvgIpc) is 2.91. The maximum Gasteiger partial charge on any atom is 0.337 e. The summed E-state index contributed by atoms with van der Waals surface area (Å²) in [6, 6.07) is 5.71. The summed E-state index contributed by atoms with van der Waals surface area (Å²) in [5.41, 5.74) is -0.194. The summed E-state index contributed by atoms with van der Waals surface area (Å²) in [7, 11) is -1.55. The molecule has 2 aromatic rings. The lowest BCUT2D eigenvalue weighted by Gasteiger charge is -2.23. The van der Waals surface area contributed by atoms with Crippen molar-refractivity contribution < 1.29 is 22.4 Å². The van der Waals surface area contributed by atoms with Crippen molar-refractivity contribution in [2.45, 2.75) is 32.4 Å². The molecule has 1 aliphatic rings. The van der Waals surface area contributed by atoms with Crippen LogP contribution in [0.2, 0.25) is 0 Å². The third kappa shape index (κ3) is 3.75. The Bertz CT molecular complexity index is 1010. The lowest BCUT2D eigenvalue weighted by atomic mass is 10.1. The van der Waals surface area contributed by atoms with Gasteiger partial charge in [-0.2, -0.15) is 0 Å². The van der Waals surface area contributed by atoms with Crippen LogP contribution in [-0.4, -0.2) is 49.9 Å². The van der Waals surface area contributed by atoms with Crippen LogP contribution in [-0.2, 0) is 9.84 Å². The van der Waals surface area contributed by atoms with E-state index in [0.717, 1.165) is 6.07 Å². The third-order valence-electron chi connectivity index (χ3n) is 4.39. The highest BCUT2D eigenvalue weighted by molar-refractivity contribution is 7.91.